The van der Waals surface area contributed by atoms with Gasteiger partial charge in [0.2, 0.25) is 5.91 Å². The number of carbonyl (C=O) groups excluding carboxylic acids is 2. The molecule has 0 radical (unpaired) electrons. The molecule has 2 amide bonds. The molecule has 1 saturated carbocycles. The van der Waals surface area contributed by atoms with Crippen LogP contribution in [0, 0.1) is 11.8 Å². The summed E-state index contributed by atoms with van der Waals surface area (Å²) in [6.45, 7) is 3.99. The van der Waals surface area contributed by atoms with Gasteiger partial charge in [0, 0.05) is 18.0 Å². The molecular weight excluding hydrogens is 432 g/mol. The molecular formula is C27H32N2O5. The van der Waals surface area contributed by atoms with Crippen LogP contribution in [0.5, 0.6) is 0 Å². The third kappa shape index (κ3) is 5.08. The van der Waals surface area contributed by atoms with E-state index in [1.165, 1.54) is 11.1 Å². The minimum atomic E-state index is -0.946. The number of ether oxygens (including phenoxy) is 1. The summed E-state index contributed by atoms with van der Waals surface area (Å²) in [6.07, 6.45) is 1.50. The van der Waals surface area contributed by atoms with Gasteiger partial charge in [-0.3, -0.25) is 9.59 Å². The molecule has 0 aromatic heterocycles. The van der Waals surface area contributed by atoms with Gasteiger partial charge in [-0.2, -0.15) is 0 Å². The van der Waals surface area contributed by atoms with Crippen LogP contribution in [0.3, 0.4) is 0 Å². The Morgan fingerprint density at radius 1 is 1.00 bits per heavy atom. The second-order valence-electron chi connectivity index (χ2n) is 9.57. The number of alkyl carbamates (subject to hydrolysis) is 1. The number of carboxylic acid groups (broad SMARTS) is 1. The van der Waals surface area contributed by atoms with Crippen molar-refractivity contribution in [1.82, 2.24) is 10.6 Å². The van der Waals surface area contributed by atoms with Crippen LogP contribution < -0.4 is 10.6 Å². The molecule has 2 aromatic carbocycles. The monoisotopic (exact) mass is 464 g/mol. The number of rotatable bonds is 8. The summed E-state index contributed by atoms with van der Waals surface area (Å²) in [7, 11) is 0. The van der Waals surface area contributed by atoms with Crippen molar-refractivity contribution in [2.45, 2.75) is 57.5 Å². The van der Waals surface area contributed by atoms with Crippen LogP contribution in [0.4, 0.5) is 4.79 Å². The van der Waals surface area contributed by atoms with Gasteiger partial charge < -0.3 is 20.5 Å². The highest BCUT2D eigenvalue weighted by molar-refractivity contribution is 5.82. The van der Waals surface area contributed by atoms with Crippen LogP contribution in [0.1, 0.15) is 56.6 Å². The van der Waals surface area contributed by atoms with Gasteiger partial charge in [0.25, 0.3) is 0 Å². The number of carbonyl (C=O) groups is 3. The molecule has 2 aliphatic carbocycles. The van der Waals surface area contributed by atoms with Gasteiger partial charge in [-0.15, -0.1) is 0 Å². The fourth-order valence-electron chi connectivity index (χ4n) is 5.17. The first-order valence-electron chi connectivity index (χ1n) is 12.0. The summed E-state index contributed by atoms with van der Waals surface area (Å²) < 4.78 is 5.64. The highest BCUT2D eigenvalue weighted by Gasteiger charge is 2.36. The maximum Gasteiger partial charge on any atom is 0.407 e. The quantitative estimate of drug-likeness (QED) is 0.540. The van der Waals surface area contributed by atoms with E-state index in [0.717, 1.165) is 17.5 Å². The van der Waals surface area contributed by atoms with Crippen molar-refractivity contribution in [3.05, 3.63) is 59.7 Å². The van der Waals surface area contributed by atoms with Crippen molar-refractivity contribution in [3.8, 4) is 11.1 Å². The number of fused-ring (bicyclic) bond motifs is 3. The number of amides is 2. The molecule has 0 spiro atoms. The Labute approximate surface area is 199 Å². The molecule has 0 bridgehead atoms. The highest BCUT2D eigenvalue weighted by Crippen LogP contribution is 2.44. The molecule has 34 heavy (non-hydrogen) atoms. The third-order valence-corrected chi connectivity index (χ3v) is 7.03. The summed E-state index contributed by atoms with van der Waals surface area (Å²) >= 11 is 0. The Balaban J connectivity index is 1.36. The third-order valence-electron chi connectivity index (χ3n) is 7.03. The SMILES string of the molecule is CC(C)[C@@H](CC(=O)O)NC(=O)[C@H]1CCC[C@H]1NC(=O)OCC1c2ccccc2-c2ccccc21. The van der Waals surface area contributed by atoms with Crippen molar-refractivity contribution in [3.63, 3.8) is 0 Å². The first-order valence-corrected chi connectivity index (χ1v) is 12.0. The molecule has 1 fully saturated rings. The second kappa shape index (κ2) is 10.3. The number of hydrogen-bond acceptors (Lipinski definition) is 4. The van der Waals surface area contributed by atoms with Gasteiger partial charge in [-0.05, 0) is 41.0 Å². The van der Waals surface area contributed by atoms with Crippen LogP contribution in [0.25, 0.3) is 11.1 Å². The van der Waals surface area contributed by atoms with Crippen LogP contribution in [-0.4, -0.2) is 41.8 Å². The first-order chi connectivity index (χ1) is 16.3. The maximum atomic E-state index is 12.9. The lowest BCUT2D eigenvalue weighted by molar-refractivity contribution is -0.138. The van der Waals surface area contributed by atoms with E-state index >= 15 is 0 Å². The number of aliphatic carboxylic acids is 1. The number of carboxylic acids is 1. The van der Waals surface area contributed by atoms with Gasteiger partial charge in [0.05, 0.1) is 12.3 Å². The van der Waals surface area contributed by atoms with Gasteiger partial charge in [-0.25, -0.2) is 4.79 Å². The van der Waals surface area contributed by atoms with Gasteiger partial charge in [0.15, 0.2) is 0 Å². The van der Waals surface area contributed by atoms with E-state index in [1.54, 1.807) is 0 Å². The molecule has 2 aliphatic rings. The Morgan fingerprint density at radius 2 is 1.62 bits per heavy atom. The zero-order valence-corrected chi connectivity index (χ0v) is 19.6. The molecule has 0 aliphatic heterocycles. The Morgan fingerprint density at radius 3 is 2.21 bits per heavy atom. The summed E-state index contributed by atoms with van der Waals surface area (Å²) in [6, 6.07) is 15.6. The zero-order valence-electron chi connectivity index (χ0n) is 19.6. The molecule has 0 saturated heterocycles. The van der Waals surface area contributed by atoms with E-state index in [2.05, 4.69) is 34.9 Å². The summed E-state index contributed by atoms with van der Waals surface area (Å²) in [4.78, 5) is 36.7. The van der Waals surface area contributed by atoms with Crippen LogP contribution in [0.15, 0.2) is 48.5 Å². The largest absolute Gasteiger partial charge is 0.481 e. The van der Waals surface area contributed by atoms with Crippen LogP contribution >= 0.6 is 0 Å². The molecule has 2 aromatic rings. The highest BCUT2D eigenvalue weighted by atomic mass is 16.5. The van der Waals surface area contributed by atoms with E-state index in [-0.39, 0.29) is 36.8 Å². The summed E-state index contributed by atoms with van der Waals surface area (Å²) in [5.74, 6) is -1.57. The summed E-state index contributed by atoms with van der Waals surface area (Å²) in [5.41, 5.74) is 4.63. The Hall–Kier alpha value is -3.35. The van der Waals surface area contributed by atoms with Crippen molar-refractivity contribution in [2.75, 3.05) is 6.61 Å². The normalized spacial score (nSPS) is 19.9. The lowest BCUT2D eigenvalue weighted by Gasteiger charge is -2.25. The van der Waals surface area contributed by atoms with Crippen LogP contribution in [0.2, 0.25) is 0 Å². The first kappa shape index (κ1) is 23.8. The van der Waals surface area contributed by atoms with Gasteiger partial charge >= 0.3 is 12.1 Å². The lowest BCUT2D eigenvalue weighted by Crippen LogP contribution is -2.48. The second-order valence-corrected chi connectivity index (χ2v) is 9.57. The fourth-order valence-corrected chi connectivity index (χ4v) is 5.17. The molecule has 7 heteroatoms. The molecule has 0 heterocycles. The standard InChI is InChI=1S/C27H32N2O5/c1-16(2)24(14-25(30)31)28-26(32)21-12-7-13-23(21)29-27(33)34-15-22-19-10-5-3-8-17(19)18-9-4-6-11-20(18)22/h3-6,8-11,16,21-24H,7,12-15H2,1-2H3,(H,28,32)(H,29,33)(H,30,31)/t21-,23+,24+/m0/s1. The zero-order chi connectivity index (χ0) is 24.2. The van der Waals surface area contributed by atoms with Crippen LogP contribution in [-0.2, 0) is 14.3 Å². The predicted octanol–water partition coefficient (Wildman–Crippen LogP) is 4.31. The van der Waals surface area contributed by atoms with Gasteiger partial charge in [0.1, 0.15) is 6.61 Å². The van der Waals surface area contributed by atoms with E-state index < -0.39 is 24.0 Å². The molecule has 180 valence electrons. The average molecular weight is 465 g/mol. The van der Waals surface area contributed by atoms with E-state index in [9.17, 15) is 14.4 Å². The minimum absolute atomic E-state index is 0.00463. The van der Waals surface area contributed by atoms with Crippen molar-refractivity contribution < 1.29 is 24.2 Å². The van der Waals surface area contributed by atoms with Gasteiger partial charge in [-0.1, -0.05) is 68.8 Å². The van der Waals surface area contributed by atoms with E-state index in [1.807, 2.05) is 38.1 Å². The number of hydrogen-bond donors (Lipinski definition) is 3. The molecule has 3 atom stereocenters. The predicted molar refractivity (Wildman–Crippen MR) is 128 cm³/mol. The average Bonchev–Trinajstić information content (AvgIpc) is 3.39. The fraction of sp³-hybridized carbons (Fsp3) is 0.444. The molecule has 4 rings (SSSR count). The van der Waals surface area contributed by atoms with E-state index in [0.29, 0.717) is 12.8 Å². The minimum Gasteiger partial charge on any atom is -0.481 e. The number of nitrogens with one attached hydrogen (secondary N) is 2. The number of benzene rings is 2. The van der Waals surface area contributed by atoms with E-state index in [4.69, 9.17) is 9.84 Å². The maximum absolute atomic E-state index is 12.9. The Bertz CT molecular complexity index is 1020. The lowest BCUT2D eigenvalue weighted by atomic mass is 9.97. The molecule has 7 nitrogen and oxygen atoms in total. The topological polar surface area (TPSA) is 105 Å². The smallest absolute Gasteiger partial charge is 0.407 e. The molecule has 3 N–H and O–H groups in total. The Kier molecular flexibility index (Phi) is 7.20. The molecule has 0 unspecified atom stereocenters. The van der Waals surface area contributed by atoms with Crippen molar-refractivity contribution in [2.24, 2.45) is 11.8 Å². The van der Waals surface area contributed by atoms with Crippen molar-refractivity contribution in [1.29, 1.82) is 0 Å². The summed E-state index contributed by atoms with van der Waals surface area (Å²) in [5, 5.41) is 14.9. The van der Waals surface area contributed by atoms with Crippen molar-refractivity contribution >= 4 is 18.0 Å².